The highest BCUT2D eigenvalue weighted by Crippen LogP contribution is 2.11. The third-order valence-electron chi connectivity index (χ3n) is 4.22. The van der Waals surface area contributed by atoms with Crippen molar-refractivity contribution >= 4 is 28.4 Å². The lowest BCUT2D eigenvalue weighted by molar-refractivity contribution is -0.133. The molecule has 1 N–H and O–H groups in total. The first kappa shape index (κ1) is 18.3. The van der Waals surface area contributed by atoms with Gasteiger partial charge in [0.25, 0.3) is 5.56 Å². The SMILES string of the molecule is Cc1cccc2c(=O)n(CC(=O)N(C)CC(=O)Nc3ccccc3)cnc12. The summed E-state index contributed by atoms with van der Waals surface area (Å²) in [6.45, 7) is 1.59. The van der Waals surface area contributed by atoms with Crippen LogP contribution in [0.25, 0.3) is 10.9 Å². The number of carbonyl (C=O) groups is 2. The van der Waals surface area contributed by atoms with Gasteiger partial charge in [0.15, 0.2) is 0 Å². The van der Waals surface area contributed by atoms with E-state index in [9.17, 15) is 14.4 Å². The fourth-order valence-electron chi connectivity index (χ4n) is 2.74. The molecular weight excluding hydrogens is 344 g/mol. The van der Waals surface area contributed by atoms with E-state index in [0.29, 0.717) is 16.6 Å². The Kier molecular flexibility index (Phi) is 5.30. The summed E-state index contributed by atoms with van der Waals surface area (Å²) in [7, 11) is 1.52. The van der Waals surface area contributed by atoms with Crippen molar-refractivity contribution in [3.8, 4) is 0 Å². The van der Waals surface area contributed by atoms with Crippen molar-refractivity contribution in [2.75, 3.05) is 18.9 Å². The zero-order valence-electron chi connectivity index (χ0n) is 15.2. The summed E-state index contributed by atoms with van der Waals surface area (Å²) in [5.41, 5.74) is 1.91. The second-order valence-electron chi connectivity index (χ2n) is 6.31. The number of likely N-dealkylation sites (N-methyl/N-ethyl adjacent to an activating group) is 1. The van der Waals surface area contributed by atoms with E-state index in [2.05, 4.69) is 10.3 Å². The number of carbonyl (C=O) groups excluding carboxylic acids is 2. The predicted molar refractivity (Wildman–Crippen MR) is 103 cm³/mol. The van der Waals surface area contributed by atoms with Gasteiger partial charge in [-0.05, 0) is 30.7 Å². The fourth-order valence-corrected chi connectivity index (χ4v) is 2.74. The van der Waals surface area contributed by atoms with E-state index < -0.39 is 0 Å². The van der Waals surface area contributed by atoms with E-state index in [1.54, 1.807) is 24.3 Å². The molecule has 0 spiro atoms. The maximum absolute atomic E-state index is 12.6. The van der Waals surface area contributed by atoms with Crippen LogP contribution in [-0.4, -0.2) is 39.9 Å². The number of aryl methyl sites for hydroxylation is 1. The standard InChI is InChI=1S/C20H20N4O3/c1-14-7-6-10-16-19(14)21-13-24(20(16)27)12-18(26)23(2)11-17(25)22-15-8-4-3-5-9-15/h3-10,13H,11-12H2,1-2H3,(H,22,25). The Labute approximate surface area is 156 Å². The van der Waals surface area contributed by atoms with Gasteiger partial charge in [-0.15, -0.1) is 0 Å². The lowest BCUT2D eigenvalue weighted by atomic mass is 10.1. The molecule has 0 aliphatic heterocycles. The summed E-state index contributed by atoms with van der Waals surface area (Å²) in [5.74, 6) is -0.661. The first-order chi connectivity index (χ1) is 13.0. The van der Waals surface area contributed by atoms with Gasteiger partial charge in [0, 0.05) is 12.7 Å². The molecule has 0 atom stereocenters. The molecule has 0 aliphatic rings. The van der Waals surface area contributed by atoms with E-state index in [0.717, 1.165) is 5.56 Å². The lowest BCUT2D eigenvalue weighted by Crippen LogP contribution is -2.38. The number of amides is 2. The minimum atomic E-state index is -0.353. The minimum absolute atomic E-state index is 0.109. The van der Waals surface area contributed by atoms with E-state index >= 15 is 0 Å². The third-order valence-corrected chi connectivity index (χ3v) is 4.22. The molecule has 138 valence electrons. The van der Waals surface area contributed by atoms with E-state index in [1.807, 2.05) is 31.2 Å². The number of nitrogens with zero attached hydrogens (tertiary/aromatic N) is 3. The first-order valence-electron chi connectivity index (χ1n) is 8.49. The van der Waals surface area contributed by atoms with Crippen LogP contribution < -0.4 is 10.9 Å². The highest BCUT2D eigenvalue weighted by molar-refractivity contribution is 5.94. The van der Waals surface area contributed by atoms with Crippen LogP contribution in [0.5, 0.6) is 0 Å². The Morgan fingerprint density at radius 2 is 1.85 bits per heavy atom. The Hall–Kier alpha value is -3.48. The fraction of sp³-hybridized carbons (Fsp3) is 0.200. The van der Waals surface area contributed by atoms with Crippen molar-refractivity contribution in [2.45, 2.75) is 13.5 Å². The number of benzene rings is 2. The van der Waals surface area contributed by atoms with Crippen LogP contribution in [0.4, 0.5) is 5.69 Å². The number of hydrogen-bond acceptors (Lipinski definition) is 4. The highest BCUT2D eigenvalue weighted by atomic mass is 16.2. The lowest BCUT2D eigenvalue weighted by Gasteiger charge is -2.17. The van der Waals surface area contributed by atoms with E-state index in [4.69, 9.17) is 0 Å². The average Bonchev–Trinajstić information content (AvgIpc) is 2.65. The molecule has 1 aromatic heterocycles. The van der Waals surface area contributed by atoms with Crippen molar-refractivity contribution in [3.63, 3.8) is 0 Å². The zero-order valence-corrected chi connectivity index (χ0v) is 15.2. The monoisotopic (exact) mass is 364 g/mol. The predicted octanol–water partition coefficient (Wildman–Crippen LogP) is 1.80. The smallest absolute Gasteiger partial charge is 0.261 e. The molecule has 0 saturated heterocycles. The quantitative estimate of drug-likeness (QED) is 0.748. The van der Waals surface area contributed by atoms with Gasteiger partial charge >= 0.3 is 0 Å². The molecule has 2 aromatic carbocycles. The second-order valence-corrected chi connectivity index (χ2v) is 6.31. The Morgan fingerprint density at radius 3 is 2.59 bits per heavy atom. The van der Waals surface area contributed by atoms with Crippen LogP contribution in [-0.2, 0) is 16.1 Å². The van der Waals surface area contributed by atoms with Crippen LogP contribution in [0.15, 0.2) is 59.7 Å². The third kappa shape index (κ3) is 4.20. The molecular formula is C20H20N4O3. The molecule has 0 unspecified atom stereocenters. The van der Waals surface area contributed by atoms with Crippen molar-refractivity contribution in [3.05, 3.63) is 70.8 Å². The van der Waals surface area contributed by atoms with E-state index in [1.165, 1.54) is 22.8 Å². The summed E-state index contributed by atoms with van der Waals surface area (Å²) in [5, 5.41) is 3.19. The van der Waals surface area contributed by atoms with Gasteiger partial charge in [-0.2, -0.15) is 0 Å². The van der Waals surface area contributed by atoms with Gasteiger partial charge in [0.2, 0.25) is 11.8 Å². The summed E-state index contributed by atoms with van der Waals surface area (Å²) in [6, 6.07) is 14.4. The van der Waals surface area contributed by atoms with E-state index in [-0.39, 0.29) is 30.5 Å². The second kappa shape index (κ2) is 7.82. The molecule has 7 nitrogen and oxygen atoms in total. The van der Waals surface area contributed by atoms with Crippen LogP contribution in [0.3, 0.4) is 0 Å². The van der Waals surface area contributed by atoms with Crippen molar-refractivity contribution in [1.29, 1.82) is 0 Å². The summed E-state index contributed by atoms with van der Waals surface area (Å²) < 4.78 is 1.26. The largest absolute Gasteiger partial charge is 0.335 e. The summed E-state index contributed by atoms with van der Waals surface area (Å²) in [4.78, 5) is 42.6. The number of aromatic nitrogens is 2. The van der Waals surface area contributed by atoms with Crippen molar-refractivity contribution < 1.29 is 9.59 Å². The summed E-state index contributed by atoms with van der Waals surface area (Å²) in [6.07, 6.45) is 1.37. The van der Waals surface area contributed by atoms with Gasteiger partial charge in [0.05, 0.1) is 23.8 Å². The average molecular weight is 364 g/mol. The van der Waals surface area contributed by atoms with Crippen molar-refractivity contribution in [1.82, 2.24) is 14.5 Å². The molecule has 0 saturated carbocycles. The maximum Gasteiger partial charge on any atom is 0.261 e. The molecule has 2 amide bonds. The molecule has 3 aromatic rings. The number of hydrogen-bond donors (Lipinski definition) is 1. The maximum atomic E-state index is 12.6. The first-order valence-corrected chi connectivity index (χ1v) is 8.49. The summed E-state index contributed by atoms with van der Waals surface area (Å²) >= 11 is 0. The number of rotatable bonds is 5. The van der Waals surface area contributed by atoms with Crippen LogP contribution in [0.2, 0.25) is 0 Å². The van der Waals surface area contributed by atoms with Crippen LogP contribution >= 0.6 is 0 Å². The topological polar surface area (TPSA) is 84.3 Å². The molecule has 0 fully saturated rings. The van der Waals surface area contributed by atoms with Gasteiger partial charge in [-0.25, -0.2) is 4.98 Å². The molecule has 3 rings (SSSR count). The molecule has 0 bridgehead atoms. The van der Waals surface area contributed by atoms with Gasteiger partial charge < -0.3 is 10.2 Å². The molecule has 7 heteroatoms. The number of para-hydroxylation sites is 2. The van der Waals surface area contributed by atoms with Crippen LogP contribution in [0, 0.1) is 6.92 Å². The highest BCUT2D eigenvalue weighted by Gasteiger charge is 2.15. The Balaban J connectivity index is 1.68. The molecule has 0 radical (unpaired) electrons. The van der Waals surface area contributed by atoms with Gasteiger partial charge in [-0.3, -0.25) is 19.0 Å². The van der Waals surface area contributed by atoms with Gasteiger partial charge in [0.1, 0.15) is 6.54 Å². The molecule has 0 aliphatic carbocycles. The number of anilines is 1. The number of fused-ring (bicyclic) bond motifs is 1. The Bertz CT molecular complexity index is 1040. The normalized spacial score (nSPS) is 10.6. The molecule has 1 heterocycles. The minimum Gasteiger partial charge on any atom is -0.335 e. The Morgan fingerprint density at radius 1 is 1.11 bits per heavy atom. The van der Waals surface area contributed by atoms with Gasteiger partial charge in [-0.1, -0.05) is 30.3 Å². The van der Waals surface area contributed by atoms with Crippen LogP contribution in [0.1, 0.15) is 5.56 Å². The number of nitrogens with one attached hydrogen (secondary N) is 1. The van der Waals surface area contributed by atoms with Crippen molar-refractivity contribution in [2.24, 2.45) is 0 Å². The zero-order chi connectivity index (χ0) is 19.4. The molecule has 27 heavy (non-hydrogen) atoms.